The second-order valence-corrected chi connectivity index (χ2v) is 5.35. The van der Waals surface area contributed by atoms with Crippen LogP contribution in [0.2, 0.25) is 0 Å². The molecular weight excluding hydrogens is 302 g/mol. The molecule has 24 heavy (non-hydrogen) atoms. The van der Waals surface area contributed by atoms with E-state index < -0.39 is 0 Å². The van der Waals surface area contributed by atoms with E-state index in [4.69, 9.17) is 9.72 Å². The van der Waals surface area contributed by atoms with Gasteiger partial charge in [-0.1, -0.05) is 24.8 Å². The van der Waals surface area contributed by atoms with E-state index in [1.165, 1.54) is 0 Å². The molecule has 0 unspecified atom stereocenters. The van der Waals surface area contributed by atoms with Gasteiger partial charge in [0.05, 0.1) is 29.4 Å². The highest BCUT2D eigenvalue weighted by molar-refractivity contribution is 5.62. The molecule has 0 spiro atoms. The van der Waals surface area contributed by atoms with Gasteiger partial charge in [0.25, 0.3) is 0 Å². The Morgan fingerprint density at radius 2 is 2.29 bits per heavy atom. The first-order chi connectivity index (χ1) is 11.7. The van der Waals surface area contributed by atoms with Crippen LogP contribution in [0.5, 0.6) is 0 Å². The van der Waals surface area contributed by atoms with E-state index in [1.54, 1.807) is 25.6 Å². The maximum atomic E-state index is 9.85. The minimum absolute atomic E-state index is 0.298. The van der Waals surface area contributed by atoms with Crippen molar-refractivity contribution in [3.63, 3.8) is 0 Å². The molecule has 0 saturated heterocycles. The molecule has 122 valence electrons. The summed E-state index contributed by atoms with van der Waals surface area (Å²) in [4.78, 5) is 9.08. The van der Waals surface area contributed by atoms with Crippen molar-refractivity contribution in [2.24, 2.45) is 0 Å². The lowest BCUT2D eigenvalue weighted by atomic mass is 10.1. The fraction of sp³-hybridized carbons (Fsp3) is 0.158. The van der Waals surface area contributed by atoms with Crippen LogP contribution in [0.4, 0.5) is 0 Å². The smallest absolute Gasteiger partial charge is 0.138 e. The number of methoxy groups -OCH3 is 1. The summed E-state index contributed by atoms with van der Waals surface area (Å²) >= 11 is 0. The summed E-state index contributed by atoms with van der Waals surface area (Å²) < 4.78 is 6.96. The third-order valence-corrected chi connectivity index (χ3v) is 3.72. The topological polar surface area (TPSA) is 60.2 Å². The van der Waals surface area contributed by atoms with Gasteiger partial charge < -0.3 is 9.84 Å². The average Bonchev–Trinajstić information content (AvgIpc) is 2.89. The number of hydrogen-bond acceptors (Lipinski definition) is 4. The fourth-order valence-corrected chi connectivity index (χ4v) is 2.55. The molecule has 0 bridgehead atoms. The first-order valence-corrected chi connectivity index (χ1v) is 7.64. The van der Waals surface area contributed by atoms with Gasteiger partial charge in [-0.15, -0.1) is 0 Å². The van der Waals surface area contributed by atoms with Gasteiger partial charge >= 0.3 is 0 Å². The highest BCUT2D eigenvalue weighted by Gasteiger charge is 2.12. The molecule has 0 aliphatic heterocycles. The molecular formula is C19H19N3O2. The summed E-state index contributed by atoms with van der Waals surface area (Å²) in [6, 6.07) is 3.94. The SMILES string of the molecule is C=Cc1ncn(-c2ccc3c(n2)CC(O)=CC=C3)c1/C=C\COC. The lowest BCUT2D eigenvalue weighted by Gasteiger charge is -2.09. The number of aliphatic hydroxyl groups excluding tert-OH is 1. The maximum absolute atomic E-state index is 9.85. The Morgan fingerprint density at radius 3 is 3.08 bits per heavy atom. The number of ether oxygens (including phenoxy) is 1. The fourth-order valence-electron chi connectivity index (χ4n) is 2.55. The molecule has 0 atom stereocenters. The molecule has 0 radical (unpaired) electrons. The van der Waals surface area contributed by atoms with Gasteiger partial charge in [-0.3, -0.25) is 4.57 Å². The largest absolute Gasteiger partial charge is 0.512 e. The quantitative estimate of drug-likeness (QED) is 0.914. The number of fused-ring (bicyclic) bond motifs is 1. The Balaban J connectivity index is 2.04. The maximum Gasteiger partial charge on any atom is 0.138 e. The van der Waals surface area contributed by atoms with Crippen LogP contribution < -0.4 is 0 Å². The number of hydrogen-bond donors (Lipinski definition) is 1. The lowest BCUT2D eigenvalue weighted by molar-refractivity contribution is 0.234. The van der Waals surface area contributed by atoms with Gasteiger partial charge in [0.2, 0.25) is 0 Å². The molecule has 0 amide bonds. The van der Waals surface area contributed by atoms with Crippen molar-refractivity contribution in [1.29, 1.82) is 0 Å². The zero-order chi connectivity index (χ0) is 16.9. The van der Waals surface area contributed by atoms with E-state index in [9.17, 15) is 5.11 Å². The number of imidazole rings is 1. The zero-order valence-corrected chi connectivity index (χ0v) is 13.5. The number of nitrogens with zero attached hydrogens (tertiary/aromatic N) is 3. The molecule has 2 aromatic rings. The highest BCUT2D eigenvalue weighted by Crippen LogP contribution is 2.21. The van der Waals surface area contributed by atoms with E-state index in [0.717, 1.165) is 28.5 Å². The second-order valence-electron chi connectivity index (χ2n) is 5.35. The normalized spacial score (nSPS) is 13.6. The van der Waals surface area contributed by atoms with Gasteiger partial charge in [-0.25, -0.2) is 9.97 Å². The Hall–Kier alpha value is -2.92. The van der Waals surface area contributed by atoms with E-state index >= 15 is 0 Å². The van der Waals surface area contributed by atoms with Crippen LogP contribution in [-0.4, -0.2) is 33.4 Å². The molecule has 2 aromatic heterocycles. The Labute approximate surface area is 141 Å². The summed E-state index contributed by atoms with van der Waals surface area (Å²) in [5.41, 5.74) is 3.50. The van der Waals surface area contributed by atoms with Crippen LogP contribution >= 0.6 is 0 Å². The van der Waals surface area contributed by atoms with Gasteiger partial charge in [0, 0.05) is 13.5 Å². The van der Waals surface area contributed by atoms with Gasteiger partial charge in [0.15, 0.2) is 0 Å². The van der Waals surface area contributed by atoms with Crippen molar-refractivity contribution in [3.8, 4) is 5.82 Å². The highest BCUT2D eigenvalue weighted by atomic mass is 16.5. The van der Waals surface area contributed by atoms with E-state index in [1.807, 2.05) is 41.0 Å². The number of aliphatic hydroxyl groups is 1. The van der Waals surface area contributed by atoms with Crippen molar-refractivity contribution in [3.05, 3.63) is 71.7 Å². The molecule has 0 saturated carbocycles. The summed E-state index contributed by atoms with van der Waals surface area (Å²) in [6.07, 6.45) is 13.2. The molecule has 1 N–H and O–H groups in total. The standard InChI is InChI=1S/C19H19N3O2/c1-3-16-18(8-5-11-24-2)22(13-20-16)19-10-9-14-6-4-7-15(23)12-17(14)21-19/h3-10,13,23H,1,11-12H2,2H3/b8-5-. The van der Waals surface area contributed by atoms with Crippen LogP contribution in [0.3, 0.4) is 0 Å². The molecule has 1 aliphatic rings. The Morgan fingerprint density at radius 1 is 1.42 bits per heavy atom. The second kappa shape index (κ2) is 7.10. The van der Waals surface area contributed by atoms with Crippen molar-refractivity contribution in [2.45, 2.75) is 6.42 Å². The number of aromatic nitrogens is 3. The predicted molar refractivity (Wildman–Crippen MR) is 95.8 cm³/mol. The molecule has 5 heteroatoms. The van der Waals surface area contributed by atoms with Crippen LogP contribution in [0.25, 0.3) is 24.0 Å². The van der Waals surface area contributed by atoms with Crippen molar-refractivity contribution < 1.29 is 9.84 Å². The predicted octanol–water partition coefficient (Wildman–Crippen LogP) is 3.58. The van der Waals surface area contributed by atoms with Crippen molar-refractivity contribution in [1.82, 2.24) is 14.5 Å². The summed E-state index contributed by atoms with van der Waals surface area (Å²) in [7, 11) is 1.65. The molecule has 0 aromatic carbocycles. The lowest BCUT2D eigenvalue weighted by Crippen LogP contribution is -2.04. The van der Waals surface area contributed by atoms with Gasteiger partial charge in [0.1, 0.15) is 12.1 Å². The summed E-state index contributed by atoms with van der Waals surface area (Å²) in [5, 5.41) is 9.85. The van der Waals surface area contributed by atoms with E-state index in [2.05, 4.69) is 11.6 Å². The number of rotatable bonds is 5. The number of allylic oxidation sites excluding steroid dienone is 3. The molecule has 3 rings (SSSR count). The van der Waals surface area contributed by atoms with Crippen molar-refractivity contribution >= 4 is 18.2 Å². The van der Waals surface area contributed by atoms with E-state index in [-0.39, 0.29) is 0 Å². The van der Waals surface area contributed by atoms with Crippen LogP contribution in [0.1, 0.15) is 22.6 Å². The van der Waals surface area contributed by atoms with Crippen molar-refractivity contribution in [2.75, 3.05) is 13.7 Å². The average molecular weight is 321 g/mol. The first kappa shape index (κ1) is 16.0. The zero-order valence-electron chi connectivity index (χ0n) is 13.5. The summed E-state index contributed by atoms with van der Waals surface area (Å²) in [6.45, 7) is 4.33. The van der Waals surface area contributed by atoms with Crippen LogP contribution in [0.15, 0.2) is 49.0 Å². The molecule has 1 aliphatic carbocycles. The third kappa shape index (κ3) is 3.21. The third-order valence-electron chi connectivity index (χ3n) is 3.72. The minimum Gasteiger partial charge on any atom is -0.512 e. The first-order valence-electron chi connectivity index (χ1n) is 7.64. The van der Waals surface area contributed by atoms with Crippen LogP contribution in [-0.2, 0) is 11.2 Å². The Kier molecular flexibility index (Phi) is 4.72. The molecule has 2 heterocycles. The van der Waals surface area contributed by atoms with Gasteiger partial charge in [-0.2, -0.15) is 0 Å². The molecule has 5 nitrogen and oxygen atoms in total. The summed E-state index contributed by atoms with van der Waals surface area (Å²) in [5.74, 6) is 1.04. The van der Waals surface area contributed by atoms with E-state index in [0.29, 0.717) is 18.8 Å². The molecule has 0 fully saturated rings. The minimum atomic E-state index is 0.298. The van der Waals surface area contributed by atoms with Crippen LogP contribution in [0, 0.1) is 0 Å². The van der Waals surface area contributed by atoms with Gasteiger partial charge in [-0.05, 0) is 35.9 Å². The Bertz CT molecular complexity index is 844. The number of pyridine rings is 1. The monoisotopic (exact) mass is 321 g/mol.